The van der Waals surface area contributed by atoms with Crippen LogP contribution < -0.4 is 10.2 Å². The van der Waals surface area contributed by atoms with Crippen LogP contribution >= 0.6 is 11.3 Å². The molecule has 0 radical (unpaired) electrons. The summed E-state index contributed by atoms with van der Waals surface area (Å²) in [5, 5.41) is 4.18. The van der Waals surface area contributed by atoms with Gasteiger partial charge in [-0.15, -0.1) is 11.3 Å². The number of carbonyl (C=O) groups excluding carboxylic acids is 1. The molecule has 1 N–H and O–H groups in total. The molecule has 0 bridgehead atoms. The Hall–Kier alpha value is -2.70. The zero-order valence-corrected chi connectivity index (χ0v) is 19.8. The molecule has 1 fully saturated rings. The highest BCUT2D eigenvalue weighted by Crippen LogP contribution is 2.45. The van der Waals surface area contributed by atoms with E-state index in [1.807, 2.05) is 12.1 Å². The molecule has 33 heavy (non-hydrogen) atoms. The number of thiophene rings is 1. The summed E-state index contributed by atoms with van der Waals surface area (Å²) in [7, 11) is 0. The Balaban J connectivity index is 1.49. The van der Waals surface area contributed by atoms with E-state index in [4.69, 9.17) is 0 Å². The molecule has 0 saturated carbocycles. The van der Waals surface area contributed by atoms with Crippen LogP contribution in [0.2, 0.25) is 0 Å². The summed E-state index contributed by atoms with van der Waals surface area (Å²) in [5.74, 6) is -0.211. The number of nitrogens with one attached hydrogen (secondary N) is 1. The maximum atomic E-state index is 13.4. The van der Waals surface area contributed by atoms with Crippen LogP contribution in [0.4, 0.5) is 15.1 Å². The molecule has 1 saturated heterocycles. The van der Waals surface area contributed by atoms with Gasteiger partial charge >= 0.3 is 0 Å². The van der Waals surface area contributed by atoms with Crippen molar-refractivity contribution in [1.82, 2.24) is 4.90 Å². The minimum atomic E-state index is -0.200. The second-order valence-electron chi connectivity index (χ2n) is 8.95. The van der Waals surface area contributed by atoms with Gasteiger partial charge in [0.2, 0.25) is 5.91 Å². The van der Waals surface area contributed by atoms with Gasteiger partial charge in [0.05, 0.1) is 6.04 Å². The van der Waals surface area contributed by atoms with Gasteiger partial charge in [0.25, 0.3) is 0 Å². The van der Waals surface area contributed by atoms with Gasteiger partial charge in [0.15, 0.2) is 0 Å². The Bertz CT molecular complexity index is 1100. The molecule has 2 aromatic carbocycles. The van der Waals surface area contributed by atoms with E-state index in [1.165, 1.54) is 46.5 Å². The summed E-state index contributed by atoms with van der Waals surface area (Å²) >= 11 is 1.77. The maximum Gasteiger partial charge on any atom is 0.221 e. The minimum absolute atomic E-state index is 0.0113. The first kappa shape index (κ1) is 22.1. The van der Waals surface area contributed by atoms with Crippen LogP contribution in [0.1, 0.15) is 47.4 Å². The van der Waals surface area contributed by atoms with E-state index in [0.717, 1.165) is 49.7 Å². The van der Waals surface area contributed by atoms with Crippen molar-refractivity contribution in [1.29, 1.82) is 0 Å². The number of nitrogens with zero attached hydrogens (tertiary/aromatic N) is 2. The van der Waals surface area contributed by atoms with Crippen LogP contribution in [0.25, 0.3) is 0 Å². The summed E-state index contributed by atoms with van der Waals surface area (Å²) in [4.78, 5) is 18.4. The number of halogens is 1. The summed E-state index contributed by atoms with van der Waals surface area (Å²) in [6.07, 6.45) is 4.61. The summed E-state index contributed by atoms with van der Waals surface area (Å²) in [6, 6.07) is 17.6. The Labute approximate surface area is 199 Å². The van der Waals surface area contributed by atoms with E-state index in [2.05, 4.69) is 45.4 Å². The first-order valence-electron chi connectivity index (χ1n) is 11.8. The van der Waals surface area contributed by atoms with Crippen molar-refractivity contribution in [3.63, 3.8) is 0 Å². The first-order chi connectivity index (χ1) is 16.1. The first-order valence-corrected chi connectivity index (χ1v) is 12.6. The predicted molar refractivity (Wildman–Crippen MR) is 134 cm³/mol. The van der Waals surface area contributed by atoms with Crippen LogP contribution in [0.5, 0.6) is 0 Å². The van der Waals surface area contributed by atoms with E-state index < -0.39 is 0 Å². The SMILES string of the molecule is CC(=O)Nc1sc2c(c1C(c1ccccc1)N1CCN(c3ccc(F)cc3)CC1)CCCC2. The van der Waals surface area contributed by atoms with Gasteiger partial charge in [-0.2, -0.15) is 0 Å². The van der Waals surface area contributed by atoms with Crippen molar-refractivity contribution in [2.45, 2.75) is 38.6 Å². The second kappa shape index (κ2) is 9.65. The van der Waals surface area contributed by atoms with Gasteiger partial charge in [-0.1, -0.05) is 30.3 Å². The van der Waals surface area contributed by atoms with Crippen molar-refractivity contribution in [2.75, 3.05) is 36.4 Å². The number of amides is 1. The second-order valence-corrected chi connectivity index (χ2v) is 10.1. The standard InChI is InChI=1S/C27H30FN3OS/c1-19(32)29-27-25(23-9-5-6-10-24(23)33-27)26(20-7-3-2-4-8-20)31-17-15-30(16-18-31)22-13-11-21(28)12-14-22/h2-4,7-8,11-14,26H,5-6,9-10,15-18H2,1H3,(H,29,32). The van der Waals surface area contributed by atoms with E-state index in [-0.39, 0.29) is 17.8 Å². The Kier molecular flexibility index (Phi) is 6.47. The highest BCUT2D eigenvalue weighted by molar-refractivity contribution is 7.16. The van der Waals surface area contributed by atoms with E-state index in [1.54, 1.807) is 18.3 Å². The zero-order chi connectivity index (χ0) is 22.8. The molecule has 4 nitrogen and oxygen atoms in total. The van der Waals surface area contributed by atoms with Gasteiger partial charge in [0, 0.05) is 49.2 Å². The smallest absolute Gasteiger partial charge is 0.221 e. The molecular weight excluding hydrogens is 433 g/mol. The number of hydrogen-bond acceptors (Lipinski definition) is 4. The van der Waals surface area contributed by atoms with Crippen molar-refractivity contribution in [2.24, 2.45) is 0 Å². The molecule has 1 atom stereocenters. The van der Waals surface area contributed by atoms with Gasteiger partial charge < -0.3 is 10.2 Å². The minimum Gasteiger partial charge on any atom is -0.369 e. The van der Waals surface area contributed by atoms with Gasteiger partial charge in [-0.05, 0) is 61.1 Å². The summed E-state index contributed by atoms with van der Waals surface area (Å²) in [5.41, 5.74) is 5.08. The lowest BCUT2D eigenvalue weighted by Gasteiger charge is -2.41. The quantitative estimate of drug-likeness (QED) is 0.532. The topological polar surface area (TPSA) is 35.6 Å². The molecule has 3 aromatic rings. The van der Waals surface area contributed by atoms with Gasteiger partial charge in [-0.25, -0.2) is 4.39 Å². The molecule has 1 amide bonds. The Morgan fingerprint density at radius 1 is 0.970 bits per heavy atom. The molecule has 1 aromatic heterocycles. The van der Waals surface area contributed by atoms with Gasteiger partial charge in [-0.3, -0.25) is 9.69 Å². The van der Waals surface area contributed by atoms with Gasteiger partial charge in [0.1, 0.15) is 10.8 Å². The fourth-order valence-corrected chi connectivity index (χ4v) is 6.59. The largest absolute Gasteiger partial charge is 0.369 e. The molecule has 6 heteroatoms. The Morgan fingerprint density at radius 2 is 1.67 bits per heavy atom. The molecule has 1 aliphatic heterocycles. The summed E-state index contributed by atoms with van der Waals surface area (Å²) < 4.78 is 13.4. The van der Waals surface area contributed by atoms with Crippen LogP contribution in [0.3, 0.4) is 0 Å². The van der Waals surface area contributed by atoms with Crippen LogP contribution in [0.15, 0.2) is 54.6 Å². The average Bonchev–Trinajstić information content (AvgIpc) is 3.18. The lowest BCUT2D eigenvalue weighted by molar-refractivity contribution is -0.114. The third kappa shape index (κ3) is 4.68. The molecule has 172 valence electrons. The molecule has 1 aliphatic carbocycles. The number of piperazine rings is 1. The van der Waals surface area contributed by atoms with Crippen molar-refractivity contribution < 1.29 is 9.18 Å². The lowest BCUT2D eigenvalue weighted by Crippen LogP contribution is -2.48. The predicted octanol–water partition coefficient (Wildman–Crippen LogP) is 5.64. The molecule has 5 rings (SSSR count). The van der Waals surface area contributed by atoms with Crippen molar-refractivity contribution in [3.05, 3.63) is 82.0 Å². The number of rotatable bonds is 5. The number of benzene rings is 2. The highest BCUT2D eigenvalue weighted by Gasteiger charge is 2.33. The number of aryl methyl sites for hydroxylation is 1. The normalized spacial score (nSPS) is 17.5. The maximum absolute atomic E-state index is 13.4. The third-order valence-corrected chi connectivity index (χ3v) is 7.98. The number of anilines is 2. The van der Waals surface area contributed by atoms with E-state index in [9.17, 15) is 9.18 Å². The molecular formula is C27H30FN3OS. The number of fused-ring (bicyclic) bond motifs is 1. The molecule has 1 unspecified atom stereocenters. The van der Waals surface area contributed by atoms with Crippen molar-refractivity contribution in [3.8, 4) is 0 Å². The van der Waals surface area contributed by atoms with Crippen LogP contribution in [-0.2, 0) is 17.6 Å². The summed E-state index contributed by atoms with van der Waals surface area (Å²) in [6.45, 7) is 5.18. The molecule has 2 heterocycles. The van der Waals surface area contributed by atoms with E-state index >= 15 is 0 Å². The van der Waals surface area contributed by atoms with E-state index in [0.29, 0.717) is 0 Å². The third-order valence-electron chi connectivity index (χ3n) is 6.76. The fraction of sp³-hybridized carbons (Fsp3) is 0.370. The lowest BCUT2D eigenvalue weighted by atomic mass is 9.88. The number of carbonyl (C=O) groups is 1. The fourth-order valence-electron chi connectivity index (χ4n) is 5.22. The molecule has 0 spiro atoms. The average molecular weight is 464 g/mol. The molecule has 2 aliphatic rings. The monoisotopic (exact) mass is 463 g/mol. The van der Waals surface area contributed by atoms with Crippen LogP contribution in [-0.4, -0.2) is 37.0 Å². The number of hydrogen-bond donors (Lipinski definition) is 1. The zero-order valence-electron chi connectivity index (χ0n) is 19.0. The van der Waals surface area contributed by atoms with Crippen LogP contribution in [0, 0.1) is 5.82 Å². The van der Waals surface area contributed by atoms with Crippen molar-refractivity contribution >= 4 is 27.9 Å². The Morgan fingerprint density at radius 3 is 2.36 bits per heavy atom. The highest BCUT2D eigenvalue weighted by atomic mass is 32.1.